The first-order valence-corrected chi connectivity index (χ1v) is 8.22. The van der Waals surface area contributed by atoms with Crippen molar-refractivity contribution < 1.29 is 4.74 Å². The van der Waals surface area contributed by atoms with E-state index in [4.69, 9.17) is 10.5 Å². The van der Waals surface area contributed by atoms with Crippen molar-refractivity contribution in [3.05, 3.63) is 59.7 Å². The van der Waals surface area contributed by atoms with Crippen molar-refractivity contribution in [2.75, 3.05) is 19.4 Å². The van der Waals surface area contributed by atoms with Gasteiger partial charge in [0.25, 0.3) is 0 Å². The number of anilines is 1. The Morgan fingerprint density at radius 3 is 2.83 bits per heavy atom. The van der Waals surface area contributed by atoms with E-state index in [1.54, 1.807) is 7.11 Å². The van der Waals surface area contributed by atoms with Gasteiger partial charge in [-0.25, -0.2) is 0 Å². The number of nitrogens with two attached hydrogens (primary N) is 1. The quantitative estimate of drug-likeness (QED) is 0.743. The fraction of sp³-hybridized carbons (Fsp3) is 0.368. The second kappa shape index (κ2) is 7.49. The van der Waals surface area contributed by atoms with Crippen LogP contribution in [0.15, 0.2) is 48.5 Å². The number of nitrogens with one attached hydrogen (secondary N) is 2. The summed E-state index contributed by atoms with van der Waals surface area (Å²) in [5.74, 6) is 0.881. The molecule has 2 unspecified atom stereocenters. The molecule has 4 heteroatoms. The third kappa shape index (κ3) is 3.84. The van der Waals surface area contributed by atoms with Crippen molar-refractivity contribution in [1.82, 2.24) is 10.6 Å². The van der Waals surface area contributed by atoms with Gasteiger partial charge in [-0.15, -0.1) is 0 Å². The molecule has 4 N–H and O–H groups in total. The summed E-state index contributed by atoms with van der Waals surface area (Å²) in [6.07, 6.45) is 2.35. The first kappa shape index (κ1) is 15.8. The highest BCUT2D eigenvalue weighted by Crippen LogP contribution is 2.25. The van der Waals surface area contributed by atoms with Gasteiger partial charge < -0.3 is 21.1 Å². The van der Waals surface area contributed by atoms with Crippen LogP contribution in [0, 0.1) is 0 Å². The Morgan fingerprint density at radius 1 is 1.22 bits per heavy atom. The summed E-state index contributed by atoms with van der Waals surface area (Å²) in [7, 11) is 1.70. The second-order valence-corrected chi connectivity index (χ2v) is 6.04. The van der Waals surface area contributed by atoms with Crippen molar-refractivity contribution in [3.63, 3.8) is 0 Å². The van der Waals surface area contributed by atoms with Crippen LogP contribution in [0.25, 0.3) is 0 Å². The highest BCUT2D eigenvalue weighted by molar-refractivity contribution is 5.47. The molecule has 2 atom stereocenters. The maximum absolute atomic E-state index is 5.91. The minimum absolute atomic E-state index is 0.344. The van der Waals surface area contributed by atoms with E-state index in [2.05, 4.69) is 41.0 Å². The molecular weight excluding hydrogens is 286 g/mol. The van der Waals surface area contributed by atoms with Crippen LogP contribution in [-0.4, -0.2) is 19.7 Å². The van der Waals surface area contributed by atoms with Gasteiger partial charge in [0.05, 0.1) is 7.11 Å². The Kier molecular flexibility index (Phi) is 5.16. The number of hydrogen-bond donors (Lipinski definition) is 3. The molecular formula is C19H25N3O. The number of benzene rings is 2. The smallest absolute Gasteiger partial charge is 0.123 e. The lowest BCUT2D eigenvalue weighted by Crippen LogP contribution is -2.45. The Morgan fingerprint density at radius 2 is 2.04 bits per heavy atom. The summed E-state index contributed by atoms with van der Waals surface area (Å²) in [5, 5.41) is 7.33. The van der Waals surface area contributed by atoms with Gasteiger partial charge in [0, 0.05) is 29.9 Å². The zero-order valence-electron chi connectivity index (χ0n) is 13.6. The highest BCUT2D eigenvalue weighted by Gasteiger charge is 2.25. The van der Waals surface area contributed by atoms with Crippen LogP contribution in [0.2, 0.25) is 0 Å². The van der Waals surface area contributed by atoms with Gasteiger partial charge in [-0.3, -0.25) is 0 Å². The van der Waals surface area contributed by atoms with Gasteiger partial charge in [-0.1, -0.05) is 30.3 Å². The molecule has 2 aromatic rings. The highest BCUT2D eigenvalue weighted by atomic mass is 16.5. The van der Waals surface area contributed by atoms with E-state index < -0.39 is 0 Å². The van der Waals surface area contributed by atoms with Crippen molar-refractivity contribution in [2.24, 2.45) is 0 Å². The van der Waals surface area contributed by atoms with Gasteiger partial charge in [0.15, 0.2) is 0 Å². The van der Waals surface area contributed by atoms with E-state index in [9.17, 15) is 0 Å². The van der Waals surface area contributed by atoms with Crippen molar-refractivity contribution >= 4 is 5.69 Å². The van der Waals surface area contributed by atoms with Gasteiger partial charge >= 0.3 is 0 Å². The van der Waals surface area contributed by atoms with Crippen LogP contribution >= 0.6 is 0 Å². The summed E-state index contributed by atoms with van der Waals surface area (Å²) in [6.45, 7) is 1.82. The van der Waals surface area contributed by atoms with E-state index in [-0.39, 0.29) is 0 Å². The van der Waals surface area contributed by atoms with Gasteiger partial charge in [-0.05, 0) is 43.1 Å². The predicted octanol–water partition coefficient (Wildman–Crippen LogP) is 2.86. The lowest BCUT2D eigenvalue weighted by Gasteiger charge is -2.34. The molecule has 1 aliphatic heterocycles. The summed E-state index contributed by atoms with van der Waals surface area (Å²) < 4.78 is 5.44. The fourth-order valence-corrected chi connectivity index (χ4v) is 3.30. The number of methoxy groups -OCH3 is 1. The van der Waals surface area contributed by atoms with Crippen molar-refractivity contribution in [3.8, 4) is 5.75 Å². The zero-order chi connectivity index (χ0) is 16.1. The molecule has 1 fully saturated rings. The number of nitrogen functional groups attached to an aromatic ring is 1. The van der Waals surface area contributed by atoms with Gasteiger partial charge in [0.2, 0.25) is 0 Å². The maximum atomic E-state index is 5.91. The molecule has 0 radical (unpaired) electrons. The Labute approximate surface area is 138 Å². The number of hydrogen-bond acceptors (Lipinski definition) is 4. The molecule has 3 rings (SSSR count). The largest absolute Gasteiger partial charge is 0.496 e. The normalized spacial score (nSPS) is 21.1. The van der Waals surface area contributed by atoms with Gasteiger partial charge in [-0.2, -0.15) is 0 Å². The molecule has 0 aliphatic carbocycles. The predicted molar refractivity (Wildman–Crippen MR) is 94.5 cm³/mol. The minimum atomic E-state index is 0.344. The first-order chi connectivity index (χ1) is 11.3. The van der Waals surface area contributed by atoms with Crippen LogP contribution in [0.4, 0.5) is 5.69 Å². The monoisotopic (exact) mass is 311 g/mol. The summed E-state index contributed by atoms with van der Waals surface area (Å²) >= 11 is 0. The summed E-state index contributed by atoms with van der Waals surface area (Å²) in [4.78, 5) is 0. The van der Waals surface area contributed by atoms with Crippen LogP contribution < -0.4 is 21.1 Å². The number of piperidine rings is 1. The number of ether oxygens (including phenoxy) is 1. The van der Waals surface area contributed by atoms with Crippen LogP contribution in [0.1, 0.15) is 30.0 Å². The molecule has 1 saturated heterocycles. The third-order valence-electron chi connectivity index (χ3n) is 4.48. The average molecular weight is 311 g/mol. The molecule has 0 amide bonds. The molecule has 2 aromatic carbocycles. The minimum Gasteiger partial charge on any atom is -0.496 e. The molecule has 0 saturated carbocycles. The van der Waals surface area contributed by atoms with E-state index in [1.165, 1.54) is 12.0 Å². The van der Waals surface area contributed by atoms with Crippen LogP contribution in [-0.2, 0) is 6.54 Å². The van der Waals surface area contributed by atoms with Crippen LogP contribution in [0.3, 0.4) is 0 Å². The lowest BCUT2D eigenvalue weighted by atomic mass is 9.92. The van der Waals surface area contributed by atoms with Crippen molar-refractivity contribution in [2.45, 2.75) is 31.5 Å². The lowest BCUT2D eigenvalue weighted by molar-refractivity contribution is 0.303. The SMILES string of the molecule is COc1ccc(N)cc1CNC1CCCNC1c1ccccc1. The molecule has 1 aliphatic rings. The Hall–Kier alpha value is -2.04. The fourth-order valence-electron chi connectivity index (χ4n) is 3.30. The second-order valence-electron chi connectivity index (χ2n) is 6.04. The summed E-state index contributed by atoms with van der Waals surface area (Å²) in [5.41, 5.74) is 9.12. The maximum Gasteiger partial charge on any atom is 0.123 e. The topological polar surface area (TPSA) is 59.3 Å². The van der Waals surface area contributed by atoms with E-state index in [0.29, 0.717) is 12.1 Å². The Bertz CT molecular complexity index is 630. The van der Waals surface area contributed by atoms with Gasteiger partial charge in [0.1, 0.15) is 5.75 Å². The molecule has 0 aromatic heterocycles. The first-order valence-electron chi connectivity index (χ1n) is 8.22. The zero-order valence-corrected chi connectivity index (χ0v) is 13.6. The van der Waals surface area contributed by atoms with E-state index >= 15 is 0 Å². The van der Waals surface area contributed by atoms with Crippen molar-refractivity contribution in [1.29, 1.82) is 0 Å². The molecule has 1 heterocycles. The standard InChI is InChI=1S/C19H25N3O/c1-23-18-10-9-16(20)12-15(18)13-22-17-8-5-11-21-19(17)14-6-3-2-4-7-14/h2-4,6-7,9-10,12,17,19,21-22H,5,8,11,13,20H2,1H3. The summed E-state index contributed by atoms with van der Waals surface area (Å²) in [6, 6.07) is 17.2. The molecule has 0 spiro atoms. The van der Waals surface area contributed by atoms with E-state index in [1.807, 2.05) is 18.2 Å². The molecule has 122 valence electrons. The Balaban J connectivity index is 1.72. The average Bonchev–Trinajstić information content (AvgIpc) is 2.61. The molecule has 4 nitrogen and oxygen atoms in total. The third-order valence-corrected chi connectivity index (χ3v) is 4.48. The van der Waals surface area contributed by atoms with E-state index in [0.717, 1.165) is 36.5 Å². The molecule has 23 heavy (non-hydrogen) atoms. The number of rotatable bonds is 5. The molecule has 0 bridgehead atoms. The van der Waals surface area contributed by atoms with Crippen LogP contribution in [0.5, 0.6) is 5.75 Å².